The van der Waals surface area contributed by atoms with Crippen molar-refractivity contribution in [2.24, 2.45) is 4.99 Å². The Morgan fingerprint density at radius 3 is 2.41 bits per heavy atom. The molecule has 0 aliphatic heterocycles. The first-order chi connectivity index (χ1) is 10.2. The molecule has 0 radical (unpaired) electrons. The van der Waals surface area contributed by atoms with Crippen LogP contribution in [0.5, 0.6) is 11.5 Å². The number of benzene rings is 1. The normalized spacial score (nSPS) is 10.6. The highest BCUT2D eigenvalue weighted by Gasteiger charge is 2.04. The average molecular weight is 423 g/mol. The van der Waals surface area contributed by atoms with Gasteiger partial charge >= 0.3 is 0 Å². The summed E-state index contributed by atoms with van der Waals surface area (Å²) in [6.07, 6.45) is 0. The summed E-state index contributed by atoms with van der Waals surface area (Å²) in [5, 5.41) is 6.39. The van der Waals surface area contributed by atoms with Crippen molar-refractivity contribution >= 4 is 29.9 Å². The van der Waals surface area contributed by atoms with E-state index in [0.717, 1.165) is 23.8 Å². The predicted octanol–water partition coefficient (Wildman–Crippen LogP) is 2.02. The van der Waals surface area contributed by atoms with Crippen LogP contribution in [0.2, 0.25) is 0 Å². The summed E-state index contributed by atoms with van der Waals surface area (Å²) in [5.74, 6) is 2.20. The highest BCUT2D eigenvalue weighted by Crippen LogP contribution is 2.27. The quantitative estimate of drug-likeness (QED) is 0.290. The molecule has 0 bridgehead atoms. The number of hydrogen-bond acceptors (Lipinski definition) is 4. The average Bonchev–Trinajstić information content (AvgIpc) is 2.52. The van der Waals surface area contributed by atoms with Crippen LogP contribution in [0, 0.1) is 0 Å². The van der Waals surface area contributed by atoms with Gasteiger partial charge in [0.15, 0.2) is 17.5 Å². The van der Waals surface area contributed by atoms with E-state index >= 15 is 0 Å². The van der Waals surface area contributed by atoms with Crippen LogP contribution >= 0.6 is 24.0 Å². The van der Waals surface area contributed by atoms with E-state index in [9.17, 15) is 0 Å². The lowest BCUT2D eigenvalue weighted by Crippen LogP contribution is -2.38. The molecule has 0 heterocycles. The third kappa shape index (κ3) is 7.17. The fourth-order valence-corrected chi connectivity index (χ4v) is 1.76. The highest BCUT2D eigenvalue weighted by atomic mass is 127. The lowest BCUT2D eigenvalue weighted by atomic mass is 10.2. The van der Waals surface area contributed by atoms with Gasteiger partial charge in [-0.1, -0.05) is 6.07 Å². The Labute approximate surface area is 149 Å². The van der Waals surface area contributed by atoms with Crippen molar-refractivity contribution in [2.75, 3.05) is 41.0 Å². The summed E-state index contributed by atoms with van der Waals surface area (Å²) in [6.45, 7) is 4.76. The van der Waals surface area contributed by atoms with E-state index in [4.69, 9.17) is 14.2 Å². The first kappa shape index (κ1) is 20.8. The molecule has 0 aliphatic rings. The van der Waals surface area contributed by atoms with Gasteiger partial charge < -0.3 is 24.8 Å². The Morgan fingerprint density at radius 2 is 1.82 bits per heavy atom. The summed E-state index contributed by atoms with van der Waals surface area (Å²) in [7, 11) is 4.93. The molecule has 0 unspecified atom stereocenters. The molecule has 22 heavy (non-hydrogen) atoms. The van der Waals surface area contributed by atoms with Gasteiger partial charge in [-0.3, -0.25) is 0 Å². The van der Waals surface area contributed by atoms with Gasteiger partial charge in [0.05, 0.1) is 27.4 Å². The van der Waals surface area contributed by atoms with Gasteiger partial charge in [0.1, 0.15) is 0 Å². The number of methoxy groups -OCH3 is 3. The third-order valence-corrected chi connectivity index (χ3v) is 2.81. The zero-order valence-corrected chi connectivity index (χ0v) is 16.0. The van der Waals surface area contributed by atoms with E-state index in [-0.39, 0.29) is 24.0 Å². The van der Waals surface area contributed by atoms with Crippen LogP contribution in [0.1, 0.15) is 12.5 Å². The van der Waals surface area contributed by atoms with Crippen LogP contribution in [0.4, 0.5) is 0 Å². The fourth-order valence-electron chi connectivity index (χ4n) is 1.76. The molecule has 126 valence electrons. The molecule has 7 heteroatoms. The Bertz CT molecular complexity index is 456. The van der Waals surface area contributed by atoms with Crippen molar-refractivity contribution in [1.29, 1.82) is 0 Å². The molecule has 1 aromatic rings. The second-order valence-electron chi connectivity index (χ2n) is 4.30. The zero-order valence-electron chi connectivity index (χ0n) is 13.6. The number of ether oxygens (including phenoxy) is 3. The zero-order chi connectivity index (χ0) is 15.5. The van der Waals surface area contributed by atoms with Gasteiger partial charge in [-0.25, -0.2) is 4.99 Å². The van der Waals surface area contributed by atoms with Crippen LogP contribution in [0.3, 0.4) is 0 Å². The Hall–Kier alpha value is -1.22. The minimum absolute atomic E-state index is 0. The van der Waals surface area contributed by atoms with Crippen LogP contribution in [-0.2, 0) is 11.3 Å². The number of halogens is 1. The molecule has 2 N–H and O–H groups in total. The maximum atomic E-state index is 5.29. The van der Waals surface area contributed by atoms with Gasteiger partial charge in [-0.2, -0.15) is 0 Å². The summed E-state index contributed by atoms with van der Waals surface area (Å²) in [5.41, 5.74) is 1.05. The monoisotopic (exact) mass is 423 g/mol. The Morgan fingerprint density at radius 1 is 1.09 bits per heavy atom. The van der Waals surface area contributed by atoms with Crippen molar-refractivity contribution in [3.05, 3.63) is 23.8 Å². The largest absolute Gasteiger partial charge is 0.493 e. The van der Waals surface area contributed by atoms with Crippen LogP contribution in [-0.4, -0.2) is 47.0 Å². The molecule has 0 saturated heterocycles. The van der Waals surface area contributed by atoms with Gasteiger partial charge in [-0.15, -0.1) is 24.0 Å². The summed E-state index contributed by atoms with van der Waals surface area (Å²) in [6, 6.07) is 5.79. The fraction of sp³-hybridized carbons (Fsp3) is 0.533. The van der Waals surface area contributed by atoms with E-state index in [1.807, 2.05) is 25.1 Å². The SMILES string of the molecule is CCNC(=NCc1ccc(OC)c(OC)c1)NCCOC.I. The molecule has 0 spiro atoms. The molecule has 1 rings (SSSR count). The highest BCUT2D eigenvalue weighted by molar-refractivity contribution is 14.0. The molecule has 0 atom stereocenters. The molecular weight excluding hydrogens is 397 g/mol. The first-order valence-electron chi connectivity index (χ1n) is 6.97. The van der Waals surface area contributed by atoms with Crippen molar-refractivity contribution in [3.8, 4) is 11.5 Å². The number of guanidine groups is 1. The smallest absolute Gasteiger partial charge is 0.191 e. The van der Waals surface area contributed by atoms with Crippen molar-refractivity contribution in [3.63, 3.8) is 0 Å². The van der Waals surface area contributed by atoms with Gasteiger partial charge in [0, 0.05) is 20.2 Å². The topological polar surface area (TPSA) is 64.1 Å². The van der Waals surface area contributed by atoms with Crippen molar-refractivity contribution < 1.29 is 14.2 Å². The van der Waals surface area contributed by atoms with Gasteiger partial charge in [0.25, 0.3) is 0 Å². The lowest BCUT2D eigenvalue weighted by molar-refractivity contribution is 0.203. The molecule has 0 aliphatic carbocycles. The molecule has 0 aromatic heterocycles. The maximum Gasteiger partial charge on any atom is 0.191 e. The number of hydrogen-bond donors (Lipinski definition) is 2. The molecule has 1 aromatic carbocycles. The maximum absolute atomic E-state index is 5.29. The molecule has 0 fully saturated rings. The molecule has 6 nitrogen and oxygen atoms in total. The van der Waals surface area contributed by atoms with Crippen molar-refractivity contribution in [2.45, 2.75) is 13.5 Å². The molecular formula is C15H26IN3O3. The van der Waals surface area contributed by atoms with Crippen LogP contribution < -0.4 is 20.1 Å². The molecule has 0 amide bonds. The number of aliphatic imine (C=N–C) groups is 1. The van der Waals surface area contributed by atoms with E-state index in [1.165, 1.54) is 0 Å². The van der Waals surface area contributed by atoms with E-state index in [2.05, 4.69) is 15.6 Å². The predicted molar refractivity (Wildman–Crippen MR) is 99.7 cm³/mol. The van der Waals surface area contributed by atoms with E-state index < -0.39 is 0 Å². The standard InChI is InChI=1S/C15H25N3O3.HI/c1-5-16-15(17-8-9-19-2)18-11-12-6-7-13(20-3)14(10-12)21-4;/h6-7,10H,5,8-9,11H2,1-4H3,(H2,16,17,18);1H. The minimum Gasteiger partial charge on any atom is -0.493 e. The summed E-state index contributed by atoms with van der Waals surface area (Å²) >= 11 is 0. The first-order valence-corrected chi connectivity index (χ1v) is 6.97. The van der Waals surface area contributed by atoms with Gasteiger partial charge in [-0.05, 0) is 24.6 Å². The number of nitrogens with zero attached hydrogens (tertiary/aromatic N) is 1. The van der Waals surface area contributed by atoms with Crippen LogP contribution in [0.15, 0.2) is 23.2 Å². The number of rotatable bonds is 8. The number of nitrogens with one attached hydrogen (secondary N) is 2. The third-order valence-electron chi connectivity index (χ3n) is 2.81. The Kier molecular flexibility index (Phi) is 11.7. The lowest BCUT2D eigenvalue weighted by Gasteiger charge is -2.11. The summed E-state index contributed by atoms with van der Waals surface area (Å²) < 4.78 is 15.5. The van der Waals surface area contributed by atoms with Gasteiger partial charge in [0.2, 0.25) is 0 Å². The minimum atomic E-state index is 0. The van der Waals surface area contributed by atoms with Crippen molar-refractivity contribution in [1.82, 2.24) is 10.6 Å². The van der Waals surface area contributed by atoms with Crippen LogP contribution in [0.25, 0.3) is 0 Å². The second-order valence-corrected chi connectivity index (χ2v) is 4.30. The summed E-state index contributed by atoms with van der Waals surface area (Å²) in [4.78, 5) is 4.53. The molecule has 0 saturated carbocycles. The van der Waals surface area contributed by atoms with E-state index in [0.29, 0.717) is 25.4 Å². The Balaban J connectivity index is 0.00000441. The van der Waals surface area contributed by atoms with E-state index in [1.54, 1.807) is 21.3 Å². The second kappa shape index (κ2) is 12.3.